The summed E-state index contributed by atoms with van der Waals surface area (Å²) in [6.45, 7) is 4.47. The maximum Gasteiger partial charge on any atom is 0.341 e. The van der Waals surface area contributed by atoms with Crippen molar-refractivity contribution < 1.29 is 33.4 Å². The standard InChI is InChI=1S/C27H24N2O7S/c1-4-35-27(34)22-20(17-11-9-15(2)10-12-17)14-37-23(22)28-21(30)13-36-26(33)16(3)29-24(31)18-7-5-6-8-19(18)25(29)32/h5-12,14,16H,4,13H2,1-3H3,(H,28,30)/t16-/m1/s1. The number of rotatable bonds is 8. The van der Waals surface area contributed by atoms with Gasteiger partial charge in [0.1, 0.15) is 16.6 Å². The van der Waals surface area contributed by atoms with Crippen LogP contribution < -0.4 is 5.32 Å². The van der Waals surface area contributed by atoms with Crippen LogP contribution in [0.5, 0.6) is 0 Å². The van der Waals surface area contributed by atoms with Gasteiger partial charge in [-0.15, -0.1) is 11.3 Å². The minimum absolute atomic E-state index is 0.155. The van der Waals surface area contributed by atoms with E-state index in [0.717, 1.165) is 27.4 Å². The van der Waals surface area contributed by atoms with Gasteiger partial charge >= 0.3 is 11.9 Å². The molecule has 190 valence electrons. The normalized spacial score (nSPS) is 13.2. The van der Waals surface area contributed by atoms with Crippen molar-refractivity contribution in [2.24, 2.45) is 0 Å². The van der Waals surface area contributed by atoms with Crippen molar-refractivity contribution >= 4 is 46.0 Å². The summed E-state index contributed by atoms with van der Waals surface area (Å²) in [7, 11) is 0. The lowest BCUT2D eigenvalue weighted by Crippen LogP contribution is -2.44. The third-order valence-corrected chi connectivity index (χ3v) is 6.68. The zero-order valence-electron chi connectivity index (χ0n) is 20.4. The fourth-order valence-electron chi connectivity index (χ4n) is 3.89. The molecule has 1 aliphatic heterocycles. The zero-order valence-corrected chi connectivity index (χ0v) is 21.2. The number of nitrogens with one attached hydrogen (secondary N) is 1. The summed E-state index contributed by atoms with van der Waals surface area (Å²) < 4.78 is 10.3. The summed E-state index contributed by atoms with van der Waals surface area (Å²) in [4.78, 5) is 63.9. The molecule has 2 aromatic carbocycles. The van der Waals surface area contributed by atoms with Crippen LogP contribution in [-0.2, 0) is 19.1 Å². The van der Waals surface area contributed by atoms with Gasteiger partial charge in [0, 0.05) is 10.9 Å². The maximum atomic E-state index is 12.7. The molecule has 2 heterocycles. The van der Waals surface area contributed by atoms with E-state index in [1.807, 2.05) is 31.2 Å². The Morgan fingerprint density at radius 3 is 2.16 bits per heavy atom. The molecule has 0 fully saturated rings. The van der Waals surface area contributed by atoms with Crippen LogP contribution in [-0.4, -0.2) is 53.8 Å². The maximum absolute atomic E-state index is 12.7. The molecule has 0 saturated heterocycles. The average molecular weight is 521 g/mol. The number of fused-ring (bicyclic) bond motifs is 1. The highest BCUT2D eigenvalue weighted by Crippen LogP contribution is 2.36. The van der Waals surface area contributed by atoms with Gasteiger partial charge in [-0.25, -0.2) is 9.59 Å². The monoisotopic (exact) mass is 520 g/mol. The molecular weight excluding hydrogens is 496 g/mol. The molecule has 3 aromatic rings. The summed E-state index contributed by atoms with van der Waals surface area (Å²) in [5.74, 6) is -3.40. The zero-order chi connectivity index (χ0) is 26.7. The Balaban J connectivity index is 1.44. The molecule has 4 rings (SSSR count). The van der Waals surface area contributed by atoms with Crippen LogP contribution in [0, 0.1) is 6.92 Å². The molecule has 37 heavy (non-hydrogen) atoms. The van der Waals surface area contributed by atoms with Crippen LogP contribution in [0.2, 0.25) is 0 Å². The molecule has 3 amide bonds. The summed E-state index contributed by atoms with van der Waals surface area (Å²) in [5, 5.41) is 4.59. The molecule has 1 N–H and O–H groups in total. The first-order valence-corrected chi connectivity index (χ1v) is 12.4. The molecule has 10 heteroatoms. The van der Waals surface area contributed by atoms with Crippen LogP contribution in [0.25, 0.3) is 11.1 Å². The third-order valence-electron chi connectivity index (χ3n) is 5.79. The van der Waals surface area contributed by atoms with Crippen molar-refractivity contribution in [3.63, 3.8) is 0 Å². The highest BCUT2D eigenvalue weighted by Gasteiger charge is 2.41. The fraction of sp³-hybridized carbons (Fsp3) is 0.222. The van der Waals surface area contributed by atoms with Crippen LogP contribution in [0.3, 0.4) is 0 Å². The van der Waals surface area contributed by atoms with Crippen molar-refractivity contribution in [2.75, 3.05) is 18.5 Å². The second-order valence-electron chi connectivity index (χ2n) is 8.30. The van der Waals surface area contributed by atoms with E-state index >= 15 is 0 Å². The number of carbonyl (C=O) groups is 5. The number of anilines is 1. The summed E-state index contributed by atoms with van der Waals surface area (Å²) in [5.41, 5.74) is 3.07. The number of ether oxygens (including phenoxy) is 2. The minimum atomic E-state index is -1.23. The highest BCUT2D eigenvalue weighted by molar-refractivity contribution is 7.15. The first-order chi connectivity index (χ1) is 17.7. The van der Waals surface area contributed by atoms with Gasteiger partial charge in [0.25, 0.3) is 17.7 Å². The number of nitrogens with zero attached hydrogens (tertiary/aromatic N) is 1. The second kappa shape index (κ2) is 10.8. The SMILES string of the molecule is CCOC(=O)c1c(-c2ccc(C)cc2)csc1NC(=O)COC(=O)[C@@H](C)N1C(=O)c2ccccc2C1=O. The van der Waals surface area contributed by atoms with Crippen molar-refractivity contribution in [3.8, 4) is 11.1 Å². The Morgan fingerprint density at radius 2 is 1.57 bits per heavy atom. The average Bonchev–Trinajstić information content (AvgIpc) is 3.41. The Labute approximate surface area is 217 Å². The molecule has 1 aliphatic rings. The van der Waals surface area contributed by atoms with Gasteiger partial charge in [-0.3, -0.25) is 19.3 Å². The van der Waals surface area contributed by atoms with Crippen LogP contribution in [0.4, 0.5) is 5.00 Å². The quantitative estimate of drug-likeness (QED) is 0.351. The van der Waals surface area contributed by atoms with Crippen molar-refractivity contribution in [3.05, 3.63) is 76.2 Å². The largest absolute Gasteiger partial charge is 0.462 e. The van der Waals surface area contributed by atoms with E-state index in [1.165, 1.54) is 19.1 Å². The molecule has 9 nitrogen and oxygen atoms in total. The molecule has 0 saturated carbocycles. The lowest BCUT2D eigenvalue weighted by atomic mass is 10.0. The van der Waals surface area contributed by atoms with Gasteiger partial charge in [-0.2, -0.15) is 0 Å². The molecule has 1 atom stereocenters. The number of carbonyl (C=O) groups excluding carboxylic acids is 5. The Morgan fingerprint density at radius 1 is 0.946 bits per heavy atom. The van der Waals surface area contributed by atoms with Crippen LogP contribution in [0.15, 0.2) is 53.9 Å². The van der Waals surface area contributed by atoms with Crippen molar-refractivity contribution in [2.45, 2.75) is 26.8 Å². The number of amides is 3. The van der Waals surface area contributed by atoms with E-state index in [2.05, 4.69) is 5.32 Å². The summed E-state index contributed by atoms with van der Waals surface area (Å²) >= 11 is 1.14. The van der Waals surface area contributed by atoms with E-state index < -0.39 is 42.3 Å². The number of esters is 2. The predicted molar refractivity (Wildman–Crippen MR) is 136 cm³/mol. The molecule has 0 unspecified atom stereocenters. The first-order valence-electron chi connectivity index (χ1n) is 11.5. The molecule has 0 spiro atoms. The lowest BCUT2D eigenvalue weighted by Gasteiger charge is -2.20. The van der Waals surface area contributed by atoms with Gasteiger partial charge in [0.2, 0.25) is 0 Å². The molecular formula is C27H24N2O7S. The minimum Gasteiger partial charge on any atom is -0.462 e. The van der Waals surface area contributed by atoms with E-state index in [4.69, 9.17) is 9.47 Å². The molecule has 0 bridgehead atoms. The van der Waals surface area contributed by atoms with Gasteiger partial charge in [-0.05, 0) is 38.5 Å². The Hall–Kier alpha value is -4.31. The topological polar surface area (TPSA) is 119 Å². The van der Waals surface area contributed by atoms with Crippen molar-refractivity contribution in [1.82, 2.24) is 4.90 Å². The predicted octanol–water partition coefficient (Wildman–Crippen LogP) is 4.07. The van der Waals surface area contributed by atoms with Crippen LogP contribution >= 0.6 is 11.3 Å². The van der Waals surface area contributed by atoms with E-state index in [9.17, 15) is 24.0 Å². The van der Waals surface area contributed by atoms with E-state index in [1.54, 1.807) is 24.4 Å². The number of aryl methyl sites for hydroxylation is 1. The van der Waals surface area contributed by atoms with E-state index in [0.29, 0.717) is 5.56 Å². The van der Waals surface area contributed by atoms with Gasteiger partial charge in [-0.1, -0.05) is 42.0 Å². The van der Waals surface area contributed by atoms with Gasteiger partial charge < -0.3 is 14.8 Å². The highest BCUT2D eigenvalue weighted by atomic mass is 32.1. The second-order valence-corrected chi connectivity index (χ2v) is 9.18. The fourth-order valence-corrected chi connectivity index (χ4v) is 4.86. The number of thiophene rings is 1. The van der Waals surface area contributed by atoms with Gasteiger partial charge in [0.05, 0.1) is 17.7 Å². The van der Waals surface area contributed by atoms with Gasteiger partial charge in [0.15, 0.2) is 6.61 Å². The molecule has 1 aromatic heterocycles. The summed E-state index contributed by atoms with van der Waals surface area (Å²) in [6.07, 6.45) is 0. The smallest absolute Gasteiger partial charge is 0.341 e. The number of imide groups is 1. The molecule has 0 aliphatic carbocycles. The molecule has 0 radical (unpaired) electrons. The Bertz CT molecular complexity index is 1360. The Kier molecular flexibility index (Phi) is 7.49. The number of benzene rings is 2. The third kappa shape index (κ3) is 5.14. The first kappa shape index (κ1) is 25.8. The summed E-state index contributed by atoms with van der Waals surface area (Å²) in [6, 6.07) is 12.6. The van der Waals surface area contributed by atoms with Crippen LogP contribution in [0.1, 0.15) is 50.5 Å². The van der Waals surface area contributed by atoms with Crippen molar-refractivity contribution in [1.29, 1.82) is 0 Å². The lowest BCUT2D eigenvalue weighted by molar-refractivity contribution is -0.150. The van der Waals surface area contributed by atoms with E-state index in [-0.39, 0.29) is 28.3 Å². The number of hydrogen-bond acceptors (Lipinski definition) is 8. The number of hydrogen-bond donors (Lipinski definition) is 1.